The maximum Gasteiger partial charge on any atom is 0.339 e. The lowest BCUT2D eigenvalue weighted by Gasteiger charge is -2.28. The second-order valence-corrected chi connectivity index (χ2v) is 4.97. The van der Waals surface area contributed by atoms with Gasteiger partial charge in [-0.2, -0.15) is 0 Å². The topological polar surface area (TPSA) is 46.5 Å². The fourth-order valence-corrected chi connectivity index (χ4v) is 2.58. The summed E-state index contributed by atoms with van der Waals surface area (Å²) in [6, 6.07) is 6.88. The minimum atomic E-state index is -0.923. The molecule has 2 rings (SSSR count). The number of hydrogen-bond acceptors (Lipinski definition) is 2. The zero-order valence-electron chi connectivity index (χ0n) is 10.8. The predicted molar refractivity (Wildman–Crippen MR) is 70.1 cm³/mol. The molecule has 0 spiro atoms. The molecule has 1 fully saturated rings. The van der Waals surface area contributed by atoms with Crippen LogP contribution >= 0.6 is 0 Å². The zero-order chi connectivity index (χ0) is 13.0. The molecule has 0 aliphatic heterocycles. The minimum absolute atomic E-state index is 0.174. The van der Waals surface area contributed by atoms with E-state index in [0.29, 0.717) is 5.75 Å². The number of carboxylic acid groups (broad SMARTS) is 1. The van der Waals surface area contributed by atoms with Gasteiger partial charge in [0.2, 0.25) is 0 Å². The Hall–Kier alpha value is -1.51. The summed E-state index contributed by atoms with van der Waals surface area (Å²) in [5.74, 6) is 0.400. The summed E-state index contributed by atoms with van der Waals surface area (Å²) >= 11 is 0. The van der Waals surface area contributed by atoms with E-state index in [1.54, 1.807) is 18.2 Å². The lowest BCUT2D eigenvalue weighted by atomic mass is 9.86. The molecule has 18 heavy (non-hydrogen) atoms. The lowest BCUT2D eigenvalue weighted by molar-refractivity contribution is 0.0683. The van der Waals surface area contributed by atoms with E-state index in [-0.39, 0.29) is 11.7 Å². The van der Waals surface area contributed by atoms with E-state index >= 15 is 0 Å². The molecule has 3 nitrogen and oxygen atoms in total. The third kappa shape index (κ3) is 3.03. The van der Waals surface area contributed by atoms with Crippen molar-refractivity contribution in [2.45, 2.75) is 45.1 Å². The summed E-state index contributed by atoms with van der Waals surface area (Å²) in [7, 11) is 0. The van der Waals surface area contributed by atoms with Crippen LogP contribution in [-0.2, 0) is 0 Å². The van der Waals surface area contributed by atoms with Crippen molar-refractivity contribution >= 4 is 5.97 Å². The number of benzene rings is 1. The maximum atomic E-state index is 11.1. The number of aromatic carboxylic acids is 1. The summed E-state index contributed by atoms with van der Waals surface area (Å²) in [5, 5.41) is 9.10. The highest BCUT2D eigenvalue weighted by molar-refractivity contribution is 5.90. The second-order valence-electron chi connectivity index (χ2n) is 4.97. The molecule has 1 aliphatic carbocycles. The Balaban J connectivity index is 2.00. The molecule has 1 N–H and O–H groups in total. The molecule has 0 atom stereocenters. The Morgan fingerprint density at radius 3 is 2.56 bits per heavy atom. The van der Waals surface area contributed by atoms with Crippen LogP contribution in [0.5, 0.6) is 5.75 Å². The van der Waals surface area contributed by atoms with Gasteiger partial charge in [-0.1, -0.05) is 25.5 Å². The second kappa shape index (κ2) is 5.89. The molecule has 0 unspecified atom stereocenters. The first-order valence-corrected chi connectivity index (χ1v) is 6.69. The Labute approximate surface area is 108 Å². The number of rotatable bonds is 4. The molecule has 0 amide bonds. The molecule has 1 aromatic rings. The normalized spacial score (nSPS) is 23.6. The SMILES string of the molecule is CCC1CCC(Oc2ccccc2C(=O)O)CC1. The Kier molecular flexibility index (Phi) is 4.24. The van der Waals surface area contributed by atoms with Crippen LogP contribution in [0.25, 0.3) is 0 Å². The molecule has 0 radical (unpaired) electrons. The van der Waals surface area contributed by atoms with E-state index in [0.717, 1.165) is 18.8 Å². The average Bonchev–Trinajstić information content (AvgIpc) is 2.40. The van der Waals surface area contributed by atoms with Crippen LogP contribution in [0.3, 0.4) is 0 Å². The highest BCUT2D eigenvalue weighted by atomic mass is 16.5. The Morgan fingerprint density at radius 2 is 1.94 bits per heavy atom. The van der Waals surface area contributed by atoms with Gasteiger partial charge in [0.1, 0.15) is 11.3 Å². The number of ether oxygens (including phenoxy) is 1. The molecular weight excluding hydrogens is 228 g/mol. The summed E-state index contributed by atoms with van der Waals surface area (Å²) in [6.45, 7) is 2.23. The fraction of sp³-hybridized carbons (Fsp3) is 0.533. The van der Waals surface area contributed by atoms with Gasteiger partial charge in [-0.3, -0.25) is 0 Å². The summed E-state index contributed by atoms with van der Waals surface area (Å²) < 4.78 is 5.86. The van der Waals surface area contributed by atoms with Gasteiger partial charge in [0.15, 0.2) is 0 Å². The average molecular weight is 248 g/mol. The zero-order valence-corrected chi connectivity index (χ0v) is 10.8. The molecule has 98 valence electrons. The third-order valence-electron chi connectivity index (χ3n) is 3.78. The largest absolute Gasteiger partial charge is 0.490 e. The van der Waals surface area contributed by atoms with Gasteiger partial charge in [-0.25, -0.2) is 4.79 Å². The van der Waals surface area contributed by atoms with Crippen molar-refractivity contribution in [2.24, 2.45) is 5.92 Å². The van der Waals surface area contributed by atoms with Crippen molar-refractivity contribution in [1.29, 1.82) is 0 Å². The standard InChI is InChI=1S/C15H20O3/c1-2-11-7-9-12(10-8-11)18-14-6-4-3-5-13(14)15(16)17/h3-6,11-12H,2,7-10H2,1H3,(H,16,17). The van der Waals surface area contributed by atoms with Gasteiger partial charge < -0.3 is 9.84 Å². The molecule has 3 heteroatoms. The van der Waals surface area contributed by atoms with Crippen molar-refractivity contribution in [3.05, 3.63) is 29.8 Å². The highest BCUT2D eigenvalue weighted by Crippen LogP contribution is 2.30. The van der Waals surface area contributed by atoms with Gasteiger partial charge in [0.25, 0.3) is 0 Å². The smallest absolute Gasteiger partial charge is 0.339 e. The highest BCUT2D eigenvalue weighted by Gasteiger charge is 2.22. The van der Waals surface area contributed by atoms with Gasteiger partial charge in [-0.05, 0) is 43.7 Å². The molecule has 0 saturated heterocycles. The molecule has 1 saturated carbocycles. The van der Waals surface area contributed by atoms with Gasteiger partial charge >= 0.3 is 5.97 Å². The first-order valence-electron chi connectivity index (χ1n) is 6.69. The van der Waals surface area contributed by atoms with E-state index in [4.69, 9.17) is 9.84 Å². The minimum Gasteiger partial charge on any atom is -0.490 e. The summed E-state index contributed by atoms with van der Waals surface area (Å²) in [5.41, 5.74) is 0.259. The maximum absolute atomic E-state index is 11.1. The number of hydrogen-bond donors (Lipinski definition) is 1. The first-order chi connectivity index (χ1) is 8.70. The van der Waals surface area contributed by atoms with E-state index in [1.165, 1.54) is 19.3 Å². The molecule has 0 bridgehead atoms. The van der Waals surface area contributed by atoms with Crippen molar-refractivity contribution in [2.75, 3.05) is 0 Å². The van der Waals surface area contributed by atoms with Crippen LogP contribution < -0.4 is 4.74 Å². The van der Waals surface area contributed by atoms with Gasteiger partial charge in [0, 0.05) is 0 Å². The number of para-hydroxylation sites is 1. The van der Waals surface area contributed by atoms with Crippen LogP contribution in [0.15, 0.2) is 24.3 Å². The van der Waals surface area contributed by atoms with Crippen molar-refractivity contribution in [3.8, 4) is 5.75 Å². The number of carbonyl (C=O) groups is 1. The van der Waals surface area contributed by atoms with Crippen LogP contribution in [0.4, 0.5) is 0 Å². The summed E-state index contributed by atoms with van der Waals surface area (Å²) in [4.78, 5) is 11.1. The van der Waals surface area contributed by atoms with E-state index < -0.39 is 5.97 Å². The van der Waals surface area contributed by atoms with E-state index in [9.17, 15) is 4.79 Å². The van der Waals surface area contributed by atoms with E-state index in [2.05, 4.69) is 6.92 Å². The predicted octanol–water partition coefficient (Wildman–Crippen LogP) is 3.73. The molecule has 1 aromatic carbocycles. The van der Waals surface area contributed by atoms with Crippen LogP contribution in [-0.4, -0.2) is 17.2 Å². The third-order valence-corrected chi connectivity index (χ3v) is 3.78. The molecule has 0 aromatic heterocycles. The van der Waals surface area contributed by atoms with Gasteiger partial charge in [0.05, 0.1) is 6.10 Å². The van der Waals surface area contributed by atoms with Crippen LogP contribution in [0.1, 0.15) is 49.4 Å². The first kappa shape index (κ1) is 12.9. The fourth-order valence-electron chi connectivity index (χ4n) is 2.58. The molecule has 0 heterocycles. The monoisotopic (exact) mass is 248 g/mol. The van der Waals surface area contributed by atoms with Crippen molar-refractivity contribution in [3.63, 3.8) is 0 Å². The Morgan fingerprint density at radius 1 is 1.28 bits per heavy atom. The molecule has 1 aliphatic rings. The quantitative estimate of drug-likeness (QED) is 0.883. The Bertz CT molecular complexity index is 406. The van der Waals surface area contributed by atoms with Gasteiger partial charge in [-0.15, -0.1) is 0 Å². The van der Waals surface area contributed by atoms with Crippen LogP contribution in [0.2, 0.25) is 0 Å². The van der Waals surface area contributed by atoms with Crippen molar-refractivity contribution < 1.29 is 14.6 Å². The van der Waals surface area contributed by atoms with Crippen molar-refractivity contribution in [1.82, 2.24) is 0 Å². The number of carboxylic acids is 1. The van der Waals surface area contributed by atoms with E-state index in [1.807, 2.05) is 6.07 Å². The molecular formula is C15H20O3. The summed E-state index contributed by atoms with van der Waals surface area (Å²) in [6.07, 6.45) is 5.86. The van der Waals surface area contributed by atoms with Crippen LogP contribution in [0, 0.1) is 5.92 Å². The lowest BCUT2D eigenvalue weighted by Crippen LogP contribution is -2.24.